The summed E-state index contributed by atoms with van der Waals surface area (Å²) in [6.45, 7) is 0. The van der Waals surface area contributed by atoms with Crippen molar-refractivity contribution in [1.82, 2.24) is 9.97 Å². The molecule has 0 aliphatic rings. The van der Waals surface area contributed by atoms with E-state index in [4.69, 9.17) is 21.1 Å². The minimum Gasteiger partial charge on any atom is -0.497 e. The summed E-state index contributed by atoms with van der Waals surface area (Å²) in [7, 11) is 3.29. The van der Waals surface area contributed by atoms with E-state index in [1.54, 1.807) is 14.2 Å². The largest absolute Gasteiger partial charge is 0.497 e. The van der Waals surface area contributed by atoms with Crippen molar-refractivity contribution in [2.45, 2.75) is 5.03 Å². The SMILES string of the molecule is COc1ccc(-c2nc(Cl)nc(SC)c2-c2ccc(OC)cc2)cc1. The van der Waals surface area contributed by atoms with Gasteiger partial charge in [0, 0.05) is 11.1 Å². The van der Waals surface area contributed by atoms with Crippen LogP contribution in [0.3, 0.4) is 0 Å². The van der Waals surface area contributed by atoms with Gasteiger partial charge in [-0.1, -0.05) is 12.1 Å². The first-order valence-electron chi connectivity index (χ1n) is 7.56. The van der Waals surface area contributed by atoms with Crippen molar-refractivity contribution in [2.24, 2.45) is 0 Å². The van der Waals surface area contributed by atoms with Gasteiger partial charge >= 0.3 is 0 Å². The number of hydrogen-bond donors (Lipinski definition) is 0. The van der Waals surface area contributed by atoms with Crippen LogP contribution in [0.15, 0.2) is 53.6 Å². The van der Waals surface area contributed by atoms with Gasteiger partial charge in [-0.15, -0.1) is 11.8 Å². The molecule has 0 fully saturated rings. The van der Waals surface area contributed by atoms with Crippen molar-refractivity contribution in [1.29, 1.82) is 0 Å². The molecule has 1 heterocycles. The number of rotatable bonds is 5. The second-order valence-corrected chi connectivity index (χ2v) is 6.32. The summed E-state index contributed by atoms with van der Waals surface area (Å²) < 4.78 is 10.5. The summed E-state index contributed by atoms with van der Waals surface area (Å²) in [5.74, 6) is 1.59. The molecule has 0 N–H and O–H groups in total. The molecular formula is C19H17ClN2O2S. The molecule has 1 aromatic heterocycles. The van der Waals surface area contributed by atoms with Gasteiger partial charge in [0.25, 0.3) is 0 Å². The third-order valence-electron chi connectivity index (χ3n) is 3.78. The zero-order valence-electron chi connectivity index (χ0n) is 14.1. The molecule has 128 valence electrons. The van der Waals surface area contributed by atoms with Crippen molar-refractivity contribution >= 4 is 23.4 Å². The highest BCUT2D eigenvalue weighted by Crippen LogP contribution is 2.38. The number of halogens is 1. The molecule has 0 spiro atoms. The fourth-order valence-corrected chi connectivity index (χ4v) is 3.35. The minimum absolute atomic E-state index is 0.229. The molecule has 25 heavy (non-hydrogen) atoms. The Kier molecular flexibility index (Phi) is 5.46. The Morgan fingerprint density at radius 2 is 1.32 bits per heavy atom. The zero-order chi connectivity index (χ0) is 17.8. The second kappa shape index (κ2) is 7.76. The fourth-order valence-electron chi connectivity index (χ4n) is 2.54. The molecule has 0 radical (unpaired) electrons. The molecule has 3 rings (SSSR count). The lowest BCUT2D eigenvalue weighted by Gasteiger charge is -2.14. The van der Waals surface area contributed by atoms with E-state index in [0.717, 1.165) is 38.9 Å². The molecular weight excluding hydrogens is 356 g/mol. The number of methoxy groups -OCH3 is 2. The maximum Gasteiger partial charge on any atom is 0.224 e. The summed E-state index contributed by atoms with van der Waals surface area (Å²) in [4.78, 5) is 8.89. The third-order valence-corrected chi connectivity index (χ3v) is 4.64. The van der Waals surface area contributed by atoms with Crippen LogP contribution < -0.4 is 9.47 Å². The smallest absolute Gasteiger partial charge is 0.224 e. The van der Waals surface area contributed by atoms with Crippen LogP contribution >= 0.6 is 23.4 Å². The van der Waals surface area contributed by atoms with Crippen LogP contribution in [0, 0.1) is 0 Å². The van der Waals surface area contributed by atoms with Gasteiger partial charge in [0.05, 0.1) is 19.9 Å². The van der Waals surface area contributed by atoms with Crippen molar-refractivity contribution in [3.05, 3.63) is 53.8 Å². The highest BCUT2D eigenvalue weighted by molar-refractivity contribution is 7.98. The predicted molar refractivity (Wildman–Crippen MR) is 103 cm³/mol. The maximum absolute atomic E-state index is 6.16. The highest BCUT2D eigenvalue weighted by Gasteiger charge is 2.17. The normalized spacial score (nSPS) is 10.6. The lowest BCUT2D eigenvalue weighted by molar-refractivity contribution is 0.414. The second-order valence-electron chi connectivity index (χ2n) is 5.18. The Balaban J connectivity index is 2.20. The Labute approximate surface area is 156 Å². The van der Waals surface area contributed by atoms with Crippen LogP contribution in [-0.2, 0) is 0 Å². The summed E-state index contributed by atoms with van der Waals surface area (Å²) in [5, 5.41) is 1.06. The Morgan fingerprint density at radius 3 is 1.80 bits per heavy atom. The maximum atomic E-state index is 6.16. The van der Waals surface area contributed by atoms with Gasteiger partial charge in [-0.25, -0.2) is 9.97 Å². The molecule has 0 bridgehead atoms. The summed E-state index contributed by atoms with van der Waals surface area (Å²) in [6, 6.07) is 15.6. The van der Waals surface area contributed by atoms with Crippen molar-refractivity contribution in [3.8, 4) is 33.9 Å². The first kappa shape index (κ1) is 17.6. The van der Waals surface area contributed by atoms with Crippen molar-refractivity contribution < 1.29 is 9.47 Å². The average molecular weight is 373 g/mol. The summed E-state index contributed by atoms with van der Waals surface area (Å²) in [5.41, 5.74) is 3.70. The van der Waals surface area contributed by atoms with E-state index in [1.807, 2.05) is 54.8 Å². The molecule has 0 aliphatic carbocycles. The molecule has 0 atom stereocenters. The Morgan fingerprint density at radius 1 is 0.800 bits per heavy atom. The van der Waals surface area contributed by atoms with Crippen LogP contribution in [0.2, 0.25) is 5.28 Å². The molecule has 6 heteroatoms. The lowest BCUT2D eigenvalue weighted by Crippen LogP contribution is -1.97. The number of aromatic nitrogens is 2. The molecule has 4 nitrogen and oxygen atoms in total. The van der Waals surface area contributed by atoms with Gasteiger partial charge < -0.3 is 9.47 Å². The quantitative estimate of drug-likeness (QED) is 0.349. The summed E-state index contributed by atoms with van der Waals surface area (Å²) in [6.07, 6.45) is 1.98. The third kappa shape index (κ3) is 3.72. The number of hydrogen-bond acceptors (Lipinski definition) is 5. The molecule has 2 aromatic carbocycles. The molecule has 0 aliphatic heterocycles. The summed E-state index contributed by atoms with van der Waals surface area (Å²) >= 11 is 7.70. The minimum atomic E-state index is 0.229. The van der Waals surface area contributed by atoms with E-state index in [9.17, 15) is 0 Å². The van der Waals surface area contributed by atoms with Gasteiger partial charge in [0.1, 0.15) is 16.5 Å². The van der Waals surface area contributed by atoms with Gasteiger partial charge in [0.2, 0.25) is 5.28 Å². The van der Waals surface area contributed by atoms with Crippen molar-refractivity contribution in [3.63, 3.8) is 0 Å². The Bertz CT molecular complexity index is 868. The van der Waals surface area contributed by atoms with Crippen LogP contribution in [0.5, 0.6) is 11.5 Å². The van der Waals surface area contributed by atoms with Crippen LogP contribution in [0.25, 0.3) is 22.4 Å². The number of ether oxygens (including phenoxy) is 2. The van der Waals surface area contributed by atoms with Crippen molar-refractivity contribution in [2.75, 3.05) is 20.5 Å². The van der Waals surface area contributed by atoms with E-state index in [0.29, 0.717) is 0 Å². The first-order chi connectivity index (χ1) is 12.2. The molecule has 0 unspecified atom stereocenters. The van der Waals surface area contributed by atoms with E-state index in [-0.39, 0.29) is 5.28 Å². The highest BCUT2D eigenvalue weighted by atomic mass is 35.5. The molecule has 0 saturated carbocycles. The predicted octanol–water partition coefficient (Wildman–Crippen LogP) is 5.20. The van der Waals surface area contributed by atoms with Gasteiger partial charge in [-0.05, 0) is 59.8 Å². The number of benzene rings is 2. The van der Waals surface area contributed by atoms with E-state index in [1.165, 1.54) is 11.8 Å². The first-order valence-corrected chi connectivity index (χ1v) is 9.17. The van der Waals surface area contributed by atoms with E-state index < -0.39 is 0 Å². The van der Waals surface area contributed by atoms with Gasteiger partial charge in [0.15, 0.2) is 0 Å². The van der Waals surface area contributed by atoms with Crippen LogP contribution in [0.4, 0.5) is 0 Å². The standard InChI is InChI=1S/C19H17ClN2O2S/c1-23-14-8-4-12(5-9-14)16-17(21-19(20)22-18(16)25-3)13-6-10-15(24-2)11-7-13/h4-11H,1-3H3. The van der Waals surface area contributed by atoms with E-state index in [2.05, 4.69) is 9.97 Å². The Hall–Kier alpha value is -2.24. The number of nitrogens with zero attached hydrogens (tertiary/aromatic N) is 2. The van der Waals surface area contributed by atoms with Gasteiger partial charge in [-0.3, -0.25) is 0 Å². The monoisotopic (exact) mass is 372 g/mol. The van der Waals surface area contributed by atoms with Crippen LogP contribution in [0.1, 0.15) is 0 Å². The molecule has 0 saturated heterocycles. The fraction of sp³-hybridized carbons (Fsp3) is 0.158. The zero-order valence-corrected chi connectivity index (χ0v) is 15.7. The van der Waals surface area contributed by atoms with Gasteiger partial charge in [-0.2, -0.15) is 0 Å². The topological polar surface area (TPSA) is 44.2 Å². The average Bonchev–Trinajstić information content (AvgIpc) is 2.67. The number of thioether (sulfide) groups is 1. The van der Waals surface area contributed by atoms with E-state index >= 15 is 0 Å². The molecule has 3 aromatic rings. The van der Waals surface area contributed by atoms with Crippen LogP contribution in [-0.4, -0.2) is 30.4 Å². The lowest BCUT2D eigenvalue weighted by atomic mass is 10.0. The molecule has 0 amide bonds.